The van der Waals surface area contributed by atoms with E-state index in [0.29, 0.717) is 43.0 Å². The van der Waals surface area contributed by atoms with E-state index in [2.05, 4.69) is 10.3 Å². The molecule has 2 aromatic heterocycles. The van der Waals surface area contributed by atoms with Gasteiger partial charge >= 0.3 is 0 Å². The van der Waals surface area contributed by atoms with E-state index in [1.165, 1.54) is 6.07 Å². The summed E-state index contributed by atoms with van der Waals surface area (Å²) >= 11 is 0. The lowest BCUT2D eigenvalue weighted by atomic mass is 9.83. The molecule has 0 aromatic carbocycles. The maximum Gasteiger partial charge on any atom is 0.288 e. The normalized spacial score (nSPS) is 20.6. The van der Waals surface area contributed by atoms with Gasteiger partial charge in [0, 0.05) is 50.3 Å². The molecule has 2 fully saturated rings. The Labute approximate surface area is 184 Å². The quantitative estimate of drug-likeness (QED) is 0.644. The summed E-state index contributed by atoms with van der Waals surface area (Å²) in [5.41, 5.74) is 1.24. The third-order valence-corrected chi connectivity index (χ3v) is 6.55. The Morgan fingerprint density at radius 3 is 2.50 bits per heavy atom. The molecule has 0 atom stereocenters. The predicted molar refractivity (Wildman–Crippen MR) is 111 cm³/mol. The van der Waals surface area contributed by atoms with E-state index in [9.17, 15) is 22.4 Å². The molecule has 1 aliphatic heterocycles. The minimum Gasteiger partial charge on any atom is -0.381 e. The SMILES string of the molecule is Cc1cc(C(=O)NC2CCOCC2)cc2nc(C(C)(F)F)c(CC3CCC(F)(F)CC3)n12. The number of aromatic nitrogens is 2. The van der Waals surface area contributed by atoms with E-state index in [4.69, 9.17) is 4.74 Å². The number of fused-ring (bicyclic) bond motifs is 1. The number of halogens is 4. The van der Waals surface area contributed by atoms with Crippen LogP contribution in [0.2, 0.25) is 0 Å². The number of alkyl halides is 4. The average Bonchev–Trinajstić information content (AvgIpc) is 3.09. The van der Waals surface area contributed by atoms with Gasteiger partial charge in [-0.1, -0.05) is 0 Å². The van der Waals surface area contributed by atoms with Gasteiger partial charge in [0.25, 0.3) is 11.8 Å². The molecule has 1 N–H and O–H groups in total. The van der Waals surface area contributed by atoms with Crippen LogP contribution in [0.4, 0.5) is 17.6 Å². The maximum atomic E-state index is 14.4. The van der Waals surface area contributed by atoms with Crippen LogP contribution in [0.5, 0.6) is 0 Å². The molecule has 9 heteroatoms. The lowest BCUT2D eigenvalue weighted by Gasteiger charge is -2.28. The van der Waals surface area contributed by atoms with Crippen LogP contribution in [-0.2, 0) is 17.1 Å². The molecule has 4 rings (SSSR count). The zero-order valence-electron chi connectivity index (χ0n) is 18.4. The van der Waals surface area contributed by atoms with Gasteiger partial charge in [-0.15, -0.1) is 0 Å². The van der Waals surface area contributed by atoms with Crippen molar-refractivity contribution in [1.82, 2.24) is 14.7 Å². The van der Waals surface area contributed by atoms with Crippen LogP contribution >= 0.6 is 0 Å². The first-order chi connectivity index (χ1) is 15.0. The summed E-state index contributed by atoms with van der Waals surface area (Å²) in [5.74, 6) is -6.23. The fourth-order valence-corrected chi connectivity index (χ4v) is 4.79. The number of hydrogen-bond acceptors (Lipinski definition) is 3. The maximum absolute atomic E-state index is 14.4. The van der Waals surface area contributed by atoms with Gasteiger partial charge in [0.05, 0.1) is 5.69 Å². The number of carbonyl (C=O) groups excluding carboxylic acids is 1. The summed E-state index contributed by atoms with van der Waals surface area (Å²) in [6, 6.07) is 3.21. The van der Waals surface area contributed by atoms with Crippen LogP contribution in [0.3, 0.4) is 0 Å². The summed E-state index contributed by atoms with van der Waals surface area (Å²) in [4.78, 5) is 17.0. The fourth-order valence-electron chi connectivity index (χ4n) is 4.79. The van der Waals surface area contributed by atoms with Crippen LogP contribution in [0.15, 0.2) is 12.1 Å². The first-order valence-corrected chi connectivity index (χ1v) is 11.2. The van der Waals surface area contributed by atoms with Crippen molar-refractivity contribution in [2.75, 3.05) is 13.2 Å². The van der Waals surface area contributed by atoms with Crippen molar-refractivity contribution in [1.29, 1.82) is 0 Å². The van der Waals surface area contributed by atoms with Crippen LogP contribution in [0.25, 0.3) is 5.65 Å². The highest BCUT2D eigenvalue weighted by Crippen LogP contribution is 2.39. The summed E-state index contributed by atoms with van der Waals surface area (Å²) in [6.07, 6.45) is 1.85. The number of imidazole rings is 1. The number of rotatable bonds is 5. The molecule has 5 nitrogen and oxygen atoms in total. The number of nitrogens with one attached hydrogen (secondary N) is 1. The first-order valence-electron chi connectivity index (χ1n) is 11.2. The third-order valence-electron chi connectivity index (χ3n) is 6.55. The molecule has 1 saturated heterocycles. The first kappa shape index (κ1) is 23.0. The molecular weight excluding hydrogens is 426 g/mol. The highest BCUT2D eigenvalue weighted by molar-refractivity contribution is 5.95. The van der Waals surface area contributed by atoms with Crippen LogP contribution < -0.4 is 5.32 Å². The largest absolute Gasteiger partial charge is 0.381 e. The number of amides is 1. The highest BCUT2D eigenvalue weighted by Gasteiger charge is 2.38. The van der Waals surface area contributed by atoms with E-state index >= 15 is 0 Å². The molecule has 0 bridgehead atoms. The number of pyridine rings is 1. The second-order valence-corrected chi connectivity index (χ2v) is 9.24. The van der Waals surface area contributed by atoms with E-state index in [-0.39, 0.29) is 48.5 Å². The van der Waals surface area contributed by atoms with Crippen molar-refractivity contribution in [3.8, 4) is 0 Å². The third kappa shape index (κ3) is 4.92. The predicted octanol–water partition coefficient (Wildman–Crippen LogP) is 5.03. The molecule has 2 aromatic rings. The van der Waals surface area contributed by atoms with Crippen LogP contribution in [0, 0.1) is 12.8 Å². The molecule has 0 spiro atoms. The van der Waals surface area contributed by atoms with Crippen LogP contribution in [0.1, 0.15) is 72.9 Å². The Balaban J connectivity index is 1.64. The number of nitrogens with zero attached hydrogens (tertiary/aromatic N) is 2. The zero-order chi connectivity index (χ0) is 23.1. The van der Waals surface area contributed by atoms with Crippen molar-refractivity contribution in [2.45, 2.75) is 76.7 Å². The van der Waals surface area contributed by atoms with Crippen LogP contribution in [-0.4, -0.2) is 40.5 Å². The second-order valence-electron chi connectivity index (χ2n) is 9.24. The average molecular weight is 455 g/mol. The van der Waals surface area contributed by atoms with Crippen molar-refractivity contribution in [3.05, 3.63) is 34.8 Å². The number of ether oxygens (including phenoxy) is 1. The number of aryl methyl sites for hydroxylation is 1. The smallest absolute Gasteiger partial charge is 0.288 e. The Morgan fingerprint density at radius 2 is 1.88 bits per heavy atom. The van der Waals surface area contributed by atoms with E-state index in [1.54, 1.807) is 17.4 Å². The highest BCUT2D eigenvalue weighted by atomic mass is 19.3. The van der Waals surface area contributed by atoms with E-state index in [1.807, 2.05) is 0 Å². The molecule has 0 radical (unpaired) electrons. The number of carbonyl (C=O) groups is 1. The van der Waals surface area contributed by atoms with E-state index in [0.717, 1.165) is 19.8 Å². The van der Waals surface area contributed by atoms with Gasteiger partial charge < -0.3 is 14.5 Å². The van der Waals surface area contributed by atoms with Gasteiger partial charge in [0.1, 0.15) is 11.3 Å². The second kappa shape index (κ2) is 8.65. The Bertz CT molecular complexity index is 983. The molecule has 176 valence electrons. The number of hydrogen-bond donors (Lipinski definition) is 1. The lowest BCUT2D eigenvalue weighted by molar-refractivity contribution is -0.0460. The van der Waals surface area contributed by atoms with Gasteiger partial charge in [0.15, 0.2) is 0 Å². The standard InChI is InChI=1S/C23H29F4N3O2/c1-14-11-16(21(31)28-17-5-9-32-10-6-17)13-19-29-20(22(2,24)25)18(30(14)19)12-15-3-7-23(26,27)8-4-15/h11,13,15,17H,3-10,12H2,1-2H3,(H,28,31). The molecular formula is C23H29F4N3O2. The van der Waals surface area contributed by atoms with E-state index < -0.39 is 11.8 Å². The topological polar surface area (TPSA) is 55.6 Å². The monoisotopic (exact) mass is 455 g/mol. The van der Waals surface area contributed by atoms with Crippen molar-refractivity contribution in [2.24, 2.45) is 5.92 Å². The van der Waals surface area contributed by atoms with Crippen molar-refractivity contribution < 1.29 is 27.1 Å². The molecule has 1 aliphatic carbocycles. The zero-order valence-corrected chi connectivity index (χ0v) is 18.4. The molecule has 2 aliphatic rings. The molecule has 0 unspecified atom stereocenters. The van der Waals surface area contributed by atoms with Gasteiger partial charge in [-0.25, -0.2) is 13.8 Å². The molecule has 1 amide bonds. The summed E-state index contributed by atoms with van der Waals surface area (Å²) < 4.78 is 62.9. The minimum absolute atomic E-state index is 0.0167. The lowest BCUT2D eigenvalue weighted by Crippen LogP contribution is -2.38. The van der Waals surface area contributed by atoms with Gasteiger partial charge in [-0.2, -0.15) is 8.78 Å². The summed E-state index contributed by atoms with van der Waals surface area (Å²) in [6.45, 7) is 3.72. The minimum atomic E-state index is -3.18. The van der Waals surface area contributed by atoms with Gasteiger partial charge in [0.2, 0.25) is 5.92 Å². The molecule has 1 saturated carbocycles. The summed E-state index contributed by atoms with van der Waals surface area (Å²) in [7, 11) is 0. The Kier molecular flexibility index (Phi) is 6.22. The Hall–Kier alpha value is -2.16. The van der Waals surface area contributed by atoms with Crippen molar-refractivity contribution >= 4 is 11.6 Å². The Morgan fingerprint density at radius 1 is 1.22 bits per heavy atom. The molecule has 3 heterocycles. The summed E-state index contributed by atoms with van der Waals surface area (Å²) in [5, 5.41) is 2.98. The molecule has 32 heavy (non-hydrogen) atoms. The van der Waals surface area contributed by atoms with Gasteiger partial charge in [-0.3, -0.25) is 4.79 Å². The van der Waals surface area contributed by atoms with Crippen molar-refractivity contribution in [3.63, 3.8) is 0 Å². The fraction of sp³-hybridized carbons (Fsp3) is 0.652. The van der Waals surface area contributed by atoms with Gasteiger partial charge in [-0.05, 0) is 57.1 Å².